The fourth-order valence-corrected chi connectivity index (χ4v) is 3.58. The summed E-state index contributed by atoms with van der Waals surface area (Å²) in [6, 6.07) is 4.87. The molecule has 3 heteroatoms. The van der Waals surface area contributed by atoms with E-state index in [2.05, 4.69) is 55.0 Å². The molecule has 1 N–H and O–H groups in total. The van der Waals surface area contributed by atoms with E-state index in [1.807, 2.05) is 12.4 Å². The number of hydrogen-bond donors (Lipinski definition) is 1. The molecule has 2 atom stereocenters. The minimum absolute atomic E-state index is 0.307. The average Bonchev–Trinajstić information content (AvgIpc) is 3.26. The molecule has 1 aromatic rings. The van der Waals surface area contributed by atoms with E-state index >= 15 is 0 Å². The maximum absolute atomic E-state index is 4.15. The molecule has 0 spiro atoms. The summed E-state index contributed by atoms with van der Waals surface area (Å²) < 4.78 is 0. The molecule has 1 aromatic heterocycles. The second-order valence-corrected chi connectivity index (χ2v) is 8.17. The van der Waals surface area contributed by atoms with Crippen LogP contribution in [0.3, 0.4) is 0 Å². The molecule has 1 saturated carbocycles. The molecule has 2 heterocycles. The maximum atomic E-state index is 4.15. The first-order chi connectivity index (χ1) is 9.89. The summed E-state index contributed by atoms with van der Waals surface area (Å²) in [4.78, 5) is 6.87. The Bertz CT molecular complexity index is 475. The van der Waals surface area contributed by atoms with Crippen molar-refractivity contribution < 1.29 is 0 Å². The Balaban J connectivity index is 1.80. The van der Waals surface area contributed by atoms with Crippen LogP contribution in [-0.2, 0) is 6.54 Å². The molecule has 3 nitrogen and oxygen atoms in total. The van der Waals surface area contributed by atoms with Gasteiger partial charge in [-0.3, -0.25) is 9.88 Å². The molecule has 0 amide bonds. The second-order valence-electron chi connectivity index (χ2n) is 8.17. The van der Waals surface area contributed by atoms with Crippen LogP contribution >= 0.6 is 0 Å². The van der Waals surface area contributed by atoms with Gasteiger partial charge >= 0.3 is 0 Å². The Kier molecular flexibility index (Phi) is 3.83. The molecule has 2 aliphatic rings. The number of nitrogens with zero attached hydrogens (tertiary/aromatic N) is 2. The van der Waals surface area contributed by atoms with Crippen LogP contribution in [0, 0.1) is 11.3 Å². The van der Waals surface area contributed by atoms with Crippen LogP contribution in [-0.4, -0.2) is 34.6 Å². The van der Waals surface area contributed by atoms with Crippen molar-refractivity contribution >= 4 is 0 Å². The van der Waals surface area contributed by atoms with Crippen LogP contribution in [0.1, 0.15) is 46.1 Å². The molecule has 0 aromatic carbocycles. The number of piperazine rings is 1. The maximum Gasteiger partial charge on any atom is 0.0338 e. The summed E-state index contributed by atoms with van der Waals surface area (Å²) in [5.41, 5.74) is 2.00. The number of aromatic nitrogens is 1. The summed E-state index contributed by atoms with van der Waals surface area (Å²) in [5.74, 6) is 0.868. The summed E-state index contributed by atoms with van der Waals surface area (Å²) in [6.07, 6.45) is 6.61. The van der Waals surface area contributed by atoms with Gasteiger partial charge in [-0.05, 0) is 48.8 Å². The lowest BCUT2D eigenvalue weighted by molar-refractivity contribution is 0.00416. The lowest BCUT2D eigenvalue weighted by atomic mass is 9.80. The molecule has 0 bridgehead atoms. The molecule has 0 radical (unpaired) electrons. The highest BCUT2D eigenvalue weighted by molar-refractivity contribution is 5.13. The SMILES string of the molecule is CC(C)(C)C1CN(Cc2ccncc2)C(C)(C2CC2)CN1. The first-order valence-electron chi connectivity index (χ1n) is 8.27. The third-order valence-electron chi connectivity index (χ3n) is 5.46. The molecule has 21 heavy (non-hydrogen) atoms. The van der Waals surface area contributed by atoms with Crippen LogP contribution in [0.5, 0.6) is 0 Å². The Labute approximate surface area is 129 Å². The van der Waals surface area contributed by atoms with Gasteiger partial charge in [-0.1, -0.05) is 20.8 Å². The molecule has 116 valence electrons. The Morgan fingerprint density at radius 3 is 2.52 bits per heavy atom. The van der Waals surface area contributed by atoms with Crippen molar-refractivity contribution in [1.29, 1.82) is 0 Å². The van der Waals surface area contributed by atoms with Gasteiger partial charge in [0.05, 0.1) is 0 Å². The quantitative estimate of drug-likeness (QED) is 0.926. The summed E-state index contributed by atoms with van der Waals surface area (Å²) in [5, 5.41) is 3.83. The van der Waals surface area contributed by atoms with Gasteiger partial charge in [0.25, 0.3) is 0 Å². The van der Waals surface area contributed by atoms with Crippen LogP contribution in [0.2, 0.25) is 0 Å². The normalized spacial score (nSPS) is 31.3. The highest BCUT2D eigenvalue weighted by atomic mass is 15.3. The van der Waals surface area contributed by atoms with E-state index in [0.717, 1.165) is 25.6 Å². The van der Waals surface area contributed by atoms with Crippen molar-refractivity contribution in [2.75, 3.05) is 13.1 Å². The van der Waals surface area contributed by atoms with Crippen molar-refractivity contribution in [3.63, 3.8) is 0 Å². The largest absolute Gasteiger partial charge is 0.310 e. The van der Waals surface area contributed by atoms with E-state index < -0.39 is 0 Å². The van der Waals surface area contributed by atoms with E-state index in [9.17, 15) is 0 Å². The van der Waals surface area contributed by atoms with Crippen LogP contribution in [0.25, 0.3) is 0 Å². The fraction of sp³-hybridized carbons (Fsp3) is 0.722. The minimum atomic E-state index is 0.307. The van der Waals surface area contributed by atoms with Gasteiger partial charge in [0.1, 0.15) is 0 Å². The molecule has 1 saturated heterocycles. The Hall–Kier alpha value is -0.930. The lowest BCUT2D eigenvalue weighted by Gasteiger charge is -2.51. The first kappa shape index (κ1) is 15.0. The van der Waals surface area contributed by atoms with Crippen molar-refractivity contribution in [3.05, 3.63) is 30.1 Å². The van der Waals surface area contributed by atoms with Crippen molar-refractivity contribution in [2.24, 2.45) is 11.3 Å². The van der Waals surface area contributed by atoms with Gasteiger partial charge < -0.3 is 5.32 Å². The molecular weight excluding hydrogens is 258 g/mol. The van der Waals surface area contributed by atoms with Crippen molar-refractivity contribution in [1.82, 2.24) is 15.2 Å². The monoisotopic (exact) mass is 287 g/mol. The predicted octanol–water partition coefficient (Wildman–Crippen LogP) is 3.07. The molecular formula is C18H29N3. The van der Waals surface area contributed by atoms with E-state index in [4.69, 9.17) is 0 Å². The predicted molar refractivity (Wildman–Crippen MR) is 87.0 cm³/mol. The van der Waals surface area contributed by atoms with E-state index in [0.29, 0.717) is 17.0 Å². The van der Waals surface area contributed by atoms with Crippen LogP contribution < -0.4 is 5.32 Å². The topological polar surface area (TPSA) is 28.2 Å². The number of pyridine rings is 1. The van der Waals surface area contributed by atoms with Gasteiger partial charge in [-0.15, -0.1) is 0 Å². The standard InChI is InChI=1S/C18H29N3/c1-17(2,3)16-12-21(11-14-7-9-19-10-8-14)18(4,13-20-16)15-5-6-15/h7-10,15-16,20H,5-6,11-13H2,1-4H3. The van der Waals surface area contributed by atoms with Crippen molar-refractivity contribution in [2.45, 2.75) is 58.7 Å². The Morgan fingerprint density at radius 1 is 1.29 bits per heavy atom. The molecule has 1 aliphatic carbocycles. The molecule has 1 aliphatic heterocycles. The fourth-order valence-electron chi connectivity index (χ4n) is 3.58. The second kappa shape index (κ2) is 5.36. The molecule has 2 fully saturated rings. The zero-order valence-electron chi connectivity index (χ0n) is 13.9. The third kappa shape index (κ3) is 3.14. The third-order valence-corrected chi connectivity index (χ3v) is 5.46. The van der Waals surface area contributed by atoms with Gasteiger partial charge in [0.15, 0.2) is 0 Å². The lowest BCUT2D eigenvalue weighted by Crippen LogP contribution is -2.66. The number of nitrogens with one attached hydrogen (secondary N) is 1. The van der Waals surface area contributed by atoms with Crippen LogP contribution in [0.15, 0.2) is 24.5 Å². The molecule has 3 rings (SSSR count). The summed E-state index contributed by atoms with van der Waals surface area (Å²) >= 11 is 0. The number of rotatable bonds is 3. The van der Waals surface area contributed by atoms with Crippen molar-refractivity contribution in [3.8, 4) is 0 Å². The van der Waals surface area contributed by atoms with Gasteiger partial charge in [-0.2, -0.15) is 0 Å². The summed E-state index contributed by atoms with van der Waals surface area (Å²) in [7, 11) is 0. The highest BCUT2D eigenvalue weighted by Crippen LogP contribution is 2.45. The van der Waals surface area contributed by atoms with E-state index in [1.54, 1.807) is 0 Å². The summed E-state index contributed by atoms with van der Waals surface area (Å²) in [6.45, 7) is 12.8. The van der Waals surface area contributed by atoms with Gasteiger partial charge in [0.2, 0.25) is 0 Å². The number of hydrogen-bond acceptors (Lipinski definition) is 3. The van der Waals surface area contributed by atoms with E-state index in [-0.39, 0.29) is 0 Å². The average molecular weight is 287 g/mol. The molecule has 2 unspecified atom stereocenters. The minimum Gasteiger partial charge on any atom is -0.310 e. The van der Waals surface area contributed by atoms with E-state index in [1.165, 1.54) is 18.4 Å². The van der Waals surface area contributed by atoms with Crippen LogP contribution in [0.4, 0.5) is 0 Å². The zero-order chi connectivity index (χ0) is 15.1. The van der Waals surface area contributed by atoms with Gasteiger partial charge in [0, 0.05) is 43.6 Å². The highest BCUT2D eigenvalue weighted by Gasteiger charge is 2.49. The first-order valence-corrected chi connectivity index (χ1v) is 8.27. The zero-order valence-corrected chi connectivity index (χ0v) is 13.9. The van der Waals surface area contributed by atoms with Gasteiger partial charge in [-0.25, -0.2) is 0 Å². The Morgan fingerprint density at radius 2 is 1.95 bits per heavy atom. The smallest absolute Gasteiger partial charge is 0.0338 e.